The lowest BCUT2D eigenvalue weighted by atomic mass is 9.70. The molecule has 0 N–H and O–H groups in total. The number of rotatable bonds is 5. The second-order valence-electron chi connectivity index (χ2n) is 15.6. The van der Waals surface area contributed by atoms with Crippen molar-refractivity contribution < 1.29 is 0 Å². The largest absolute Gasteiger partial charge is 0.310 e. The Bertz CT molecular complexity index is 3110. The minimum atomic E-state index is -0.451. The summed E-state index contributed by atoms with van der Waals surface area (Å²) in [6.07, 6.45) is 0. The highest BCUT2D eigenvalue weighted by atomic mass is 15.1. The predicted octanol–water partition coefficient (Wildman–Crippen LogP) is 15.1. The van der Waals surface area contributed by atoms with Gasteiger partial charge in [-0.2, -0.15) is 0 Å². The van der Waals surface area contributed by atoms with E-state index in [1.54, 1.807) is 0 Å². The standard InChI is InChI=1S/C57H37N/c1-3-17-38(18-4-1)41-33-42(39-19-5-2-6-20-39)35-44(34-41)58(56-36-40-21-7-8-22-45(40)46-23-9-10-27-51(46)56)43-31-32-50-49-26-13-16-30-54(49)57(55(50)37-43)52-28-14-11-24-47(52)48-25-12-15-29-53(48)57/h1-37H. The first-order chi connectivity index (χ1) is 28.8. The lowest BCUT2D eigenvalue weighted by Gasteiger charge is -2.33. The Hall–Kier alpha value is -7.48. The topological polar surface area (TPSA) is 3.24 Å². The number of hydrogen-bond acceptors (Lipinski definition) is 1. The number of fused-ring (bicyclic) bond motifs is 13. The molecule has 0 bridgehead atoms. The van der Waals surface area contributed by atoms with Crippen LogP contribution in [0.3, 0.4) is 0 Å². The molecule has 2 aliphatic rings. The van der Waals surface area contributed by atoms with Crippen molar-refractivity contribution in [2.45, 2.75) is 5.41 Å². The molecule has 0 radical (unpaired) electrons. The van der Waals surface area contributed by atoms with Gasteiger partial charge in [0, 0.05) is 16.8 Å². The van der Waals surface area contributed by atoms with Crippen LogP contribution in [0.25, 0.3) is 66.1 Å². The highest BCUT2D eigenvalue weighted by Gasteiger charge is 2.51. The number of nitrogens with zero attached hydrogens (tertiary/aromatic N) is 1. The molecule has 0 saturated carbocycles. The SMILES string of the molecule is c1ccc(-c2cc(-c3ccccc3)cc(N(c3ccc4c(c3)C3(c5ccccc5-c5ccccc53)c3ccccc3-4)c3cc4ccccc4c4ccccc34)c2)cc1. The fourth-order valence-corrected chi connectivity index (χ4v) is 10.2. The second kappa shape index (κ2) is 12.8. The monoisotopic (exact) mass is 735 g/mol. The predicted molar refractivity (Wildman–Crippen MR) is 243 cm³/mol. The summed E-state index contributed by atoms with van der Waals surface area (Å²) in [6.45, 7) is 0. The van der Waals surface area contributed by atoms with Crippen molar-refractivity contribution in [2.75, 3.05) is 4.90 Å². The minimum Gasteiger partial charge on any atom is -0.310 e. The summed E-state index contributed by atoms with van der Waals surface area (Å²) in [5, 5.41) is 4.93. The minimum absolute atomic E-state index is 0.451. The van der Waals surface area contributed by atoms with Gasteiger partial charge in [0.15, 0.2) is 0 Å². The van der Waals surface area contributed by atoms with Gasteiger partial charge >= 0.3 is 0 Å². The van der Waals surface area contributed by atoms with E-state index in [-0.39, 0.29) is 0 Å². The third kappa shape index (κ3) is 4.71. The Labute approximate surface area is 338 Å². The van der Waals surface area contributed by atoms with Crippen LogP contribution in [-0.4, -0.2) is 0 Å². The van der Waals surface area contributed by atoms with E-state index in [2.05, 4.69) is 229 Å². The average molecular weight is 736 g/mol. The van der Waals surface area contributed by atoms with Gasteiger partial charge in [0.25, 0.3) is 0 Å². The molecule has 1 heteroatoms. The van der Waals surface area contributed by atoms with Crippen LogP contribution in [0.15, 0.2) is 224 Å². The highest BCUT2D eigenvalue weighted by Crippen LogP contribution is 2.63. The second-order valence-corrected chi connectivity index (χ2v) is 15.6. The van der Waals surface area contributed by atoms with Crippen LogP contribution >= 0.6 is 0 Å². The molecule has 1 spiro atoms. The Balaban J connectivity index is 1.19. The highest BCUT2D eigenvalue weighted by molar-refractivity contribution is 6.15. The van der Waals surface area contributed by atoms with Gasteiger partial charge in [-0.25, -0.2) is 0 Å². The van der Waals surface area contributed by atoms with Crippen molar-refractivity contribution in [3.8, 4) is 44.5 Å². The van der Waals surface area contributed by atoms with E-state index >= 15 is 0 Å². The maximum absolute atomic E-state index is 2.53. The molecule has 0 fully saturated rings. The molecule has 1 nitrogen and oxygen atoms in total. The van der Waals surface area contributed by atoms with E-state index in [0.717, 1.165) is 17.1 Å². The molecule has 0 aliphatic heterocycles. The van der Waals surface area contributed by atoms with Gasteiger partial charge < -0.3 is 4.90 Å². The molecule has 58 heavy (non-hydrogen) atoms. The average Bonchev–Trinajstić information content (AvgIpc) is 3.77. The summed E-state index contributed by atoms with van der Waals surface area (Å²) >= 11 is 0. The number of anilines is 3. The third-order valence-electron chi connectivity index (χ3n) is 12.6. The molecule has 0 saturated heterocycles. The van der Waals surface area contributed by atoms with Crippen molar-refractivity contribution in [1.29, 1.82) is 0 Å². The molecular weight excluding hydrogens is 699 g/mol. The van der Waals surface area contributed by atoms with Crippen LogP contribution in [-0.2, 0) is 5.41 Å². The fourth-order valence-electron chi connectivity index (χ4n) is 10.2. The zero-order valence-electron chi connectivity index (χ0n) is 31.8. The van der Waals surface area contributed by atoms with Crippen molar-refractivity contribution in [3.05, 3.63) is 247 Å². The lowest BCUT2D eigenvalue weighted by molar-refractivity contribution is 0.793. The van der Waals surface area contributed by atoms with Gasteiger partial charge in [-0.1, -0.05) is 188 Å². The molecule has 0 atom stereocenters. The van der Waals surface area contributed by atoms with E-state index in [1.165, 1.54) is 88.3 Å². The van der Waals surface area contributed by atoms with Gasteiger partial charge in [0.05, 0.1) is 11.1 Å². The summed E-state index contributed by atoms with van der Waals surface area (Å²) in [6, 6.07) is 83.2. The van der Waals surface area contributed by atoms with E-state index in [1.807, 2.05) is 0 Å². The molecule has 0 unspecified atom stereocenters. The van der Waals surface area contributed by atoms with E-state index < -0.39 is 5.41 Å². The maximum Gasteiger partial charge on any atom is 0.0726 e. The fraction of sp³-hybridized carbons (Fsp3) is 0.0175. The van der Waals surface area contributed by atoms with Gasteiger partial charge in [0.2, 0.25) is 0 Å². The molecule has 0 heterocycles. The Morgan fingerprint density at radius 1 is 0.276 bits per heavy atom. The summed E-state index contributed by atoms with van der Waals surface area (Å²) < 4.78 is 0. The molecule has 12 rings (SSSR count). The summed E-state index contributed by atoms with van der Waals surface area (Å²) in [4.78, 5) is 2.53. The molecule has 10 aromatic carbocycles. The summed E-state index contributed by atoms with van der Waals surface area (Å²) in [7, 11) is 0. The molecule has 0 amide bonds. The van der Waals surface area contributed by atoms with E-state index in [0.29, 0.717) is 0 Å². The van der Waals surface area contributed by atoms with Crippen LogP contribution in [0.1, 0.15) is 22.3 Å². The van der Waals surface area contributed by atoms with Crippen LogP contribution in [0.2, 0.25) is 0 Å². The van der Waals surface area contributed by atoms with E-state index in [4.69, 9.17) is 0 Å². The van der Waals surface area contributed by atoms with Crippen molar-refractivity contribution in [1.82, 2.24) is 0 Å². The van der Waals surface area contributed by atoms with Crippen molar-refractivity contribution in [2.24, 2.45) is 0 Å². The van der Waals surface area contributed by atoms with Crippen molar-refractivity contribution in [3.63, 3.8) is 0 Å². The van der Waals surface area contributed by atoms with Crippen LogP contribution in [0, 0.1) is 0 Å². The zero-order valence-corrected chi connectivity index (χ0v) is 31.8. The van der Waals surface area contributed by atoms with Crippen LogP contribution in [0.4, 0.5) is 17.1 Å². The van der Waals surface area contributed by atoms with Crippen molar-refractivity contribution >= 4 is 38.6 Å². The molecule has 0 aromatic heterocycles. The first-order valence-corrected chi connectivity index (χ1v) is 20.2. The Morgan fingerprint density at radius 3 is 1.33 bits per heavy atom. The van der Waals surface area contributed by atoms with E-state index in [9.17, 15) is 0 Å². The van der Waals surface area contributed by atoms with Gasteiger partial charge in [-0.15, -0.1) is 0 Å². The summed E-state index contributed by atoms with van der Waals surface area (Å²) in [5.74, 6) is 0. The molecule has 2 aliphatic carbocycles. The maximum atomic E-state index is 2.53. The molecule has 10 aromatic rings. The van der Waals surface area contributed by atoms with Crippen LogP contribution < -0.4 is 4.90 Å². The Morgan fingerprint density at radius 2 is 0.741 bits per heavy atom. The number of hydrogen-bond donors (Lipinski definition) is 0. The van der Waals surface area contributed by atoms with Crippen LogP contribution in [0.5, 0.6) is 0 Å². The smallest absolute Gasteiger partial charge is 0.0726 e. The number of benzene rings is 10. The molecule has 270 valence electrons. The summed E-state index contributed by atoms with van der Waals surface area (Å²) in [5.41, 5.74) is 18.2. The first kappa shape index (κ1) is 32.7. The normalized spacial score (nSPS) is 13.0. The first-order valence-electron chi connectivity index (χ1n) is 20.2. The van der Waals surface area contributed by atoms with Gasteiger partial charge in [-0.3, -0.25) is 0 Å². The zero-order chi connectivity index (χ0) is 38.2. The van der Waals surface area contributed by atoms with Gasteiger partial charge in [0.1, 0.15) is 0 Å². The third-order valence-corrected chi connectivity index (χ3v) is 12.6. The Kier molecular flexibility index (Phi) is 7.21. The quantitative estimate of drug-likeness (QED) is 0.159. The lowest BCUT2D eigenvalue weighted by Crippen LogP contribution is -2.26. The van der Waals surface area contributed by atoms with Gasteiger partial charge in [-0.05, 0) is 119 Å². The molecular formula is C57H37N.